The van der Waals surface area contributed by atoms with Crippen molar-refractivity contribution >= 4 is 29.0 Å². The highest BCUT2D eigenvalue weighted by Crippen LogP contribution is 2.32. The lowest BCUT2D eigenvalue weighted by Gasteiger charge is -2.33. The van der Waals surface area contributed by atoms with Gasteiger partial charge in [-0.1, -0.05) is 24.3 Å². The predicted octanol–water partition coefficient (Wildman–Crippen LogP) is 3.93. The highest BCUT2D eigenvalue weighted by atomic mass is 19.1. The van der Waals surface area contributed by atoms with Crippen molar-refractivity contribution in [3.63, 3.8) is 0 Å². The Morgan fingerprint density at radius 1 is 1.14 bits per heavy atom. The predicted molar refractivity (Wildman–Crippen MR) is 127 cm³/mol. The highest BCUT2D eigenvalue weighted by molar-refractivity contribution is 6.40. The fraction of sp³-hybridized carbons (Fsp3) is 0.192. The molecule has 0 bridgehead atoms. The van der Waals surface area contributed by atoms with E-state index < -0.39 is 23.5 Å². The molecule has 4 rings (SSSR count). The maximum Gasteiger partial charge on any atom is 0.377 e. The Morgan fingerprint density at radius 3 is 2.66 bits per heavy atom. The second kappa shape index (κ2) is 9.84. The zero-order chi connectivity index (χ0) is 25.1. The van der Waals surface area contributed by atoms with Gasteiger partial charge in [0.05, 0.1) is 17.8 Å². The van der Waals surface area contributed by atoms with Gasteiger partial charge in [-0.15, -0.1) is 0 Å². The fourth-order valence-corrected chi connectivity index (χ4v) is 3.91. The Balaban J connectivity index is 1.43. The molecule has 1 amide bonds. The molecule has 0 aromatic heterocycles. The van der Waals surface area contributed by atoms with Crippen LogP contribution in [0.3, 0.4) is 0 Å². The number of ketones is 1. The van der Waals surface area contributed by atoms with Crippen molar-refractivity contribution in [1.82, 2.24) is 0 Å². The molecule has 0 unspecified atom stereocenters. The second-order valence-corrected chi connectivity index (χ2v) is 8.17. The smallest absolute Gasteiger partial charge is 0.377 e. The molecule has 2 N–H and O–H groups in total. The van der Waals surface area contributed by atoms with E-state index in [0.717, 1.165) is 17.5 Å². The summed E-state index contributed by atoms with van der Waals surface area (Å²) in [6.07, 6.45) is -0.262. The minimum Gasteiger partial charge on any atom is -0.490 e. The minimum atomic E-state index is -1.61. The zero-order valence-electron chi connectivity index (χ0n) is 19.1. The summed E-state index contributed by atoms with van der Waals surface area (Å²) in [4.78, 5) is 37.3. The molecule has 1 aliphatic rings. The molecule has 0 spiro atoms. The van der Waals surface area contributed by atoms with Gasteiger partial charge in [0, 0.05) is 24.4 Å². The van der Waals surface area contributed by atoms with Crippen molar-refractivity contribution in [2.24, 2.45) is 0 Å². The Hall–Kier alpha value is -4.40. The van der Waals surface area contributed by atoms with Gasteiger partial charge in [0.25, 0.3) is 11.7 Å². The summed E-state index contributed by atoms with van der Waals surface area (Å²) in [5, 5.41) is 11.4. The number of carboxylic acid groups (broad SMARTS) is 1. The molecule has 3 aromatic rings. The van der Waals surface area contributed by atoms with Crippen LogP contribution in [-0.2, 0) is 4.79 Å². The summed E-state index contributed by atoms with van der Waals surface area (Å²) in [5.74, 6) is -3.22. The number of anilines is 2. The molecule has 3 aromatic carbocycles. The van der Waals surface area contributed by atoms with Crippen LogP contribution in [0.15, 0.2) is 60.7 Å². The summed E-state index contributed by atoms with van der Waals surface area (Å²) in [7, 11) is 1.96. The Labute approximate surface area is 200 Å². The molecule has 0 saturated heterocycles. The first-order valence-electron chi connectivity index (χ1n) is 10.8. The number of Topliss-reactive ketones (excluding diaryl/α,β-unsaturated/α-hetero) is 1. The molecule has 35 heavy (non-hydrogen) atoms. The number of amides is 1. The van der Waals surface area contributed by atoms with Crippen molar-refractivity contribution in [3.8, 4) is 11.5 Å². The number of carbonyl (C=O) groups is 3. The quantitative estimate of drug-likeness (QED) is 0.392. The van der Waals surface area contributed by atoms with Crippen LogP contribution in [0.25, 0.3) is 0 Å². The maximum atomic E-state index is 14.9. The fourth-order valence-electron chi connectivity index (χ4n) is 3.91. The number of likely N-dealkylation sites (N-methyl/N-ethyl adjacent to an activating group) is 1. The second-order valence-electron chi connectivity index (χ2n) is 8.17. The maximum absolute atomic E-state index is 14.9. The van der Waals surface area contributed by atoms with Crippen LogP contribution in [0.2, 0.25) is 0 Å². The topological polar surface area (TPSA) is 105 Å². The van der Waals surface area contributed by atoms with E-state index in [1.165, 1.54) is 24.3 Å². The van der Waals surface area contributed by atoms with Crippen molar-refractivity contribution in [2.45, 2.75) is 13.0 Å². The number of ether oxygens (including phenoxy) is 2. The Bertz CT molecular complexity index is 1290. The third-order valence-corrected chi connectivity index (χ3v) is 5.55. The molecule has 1 heterocycles. The van der Waals surface area contributed by atoms with Gasteiger partial charge in [-0.25, -0.2) is 9.18 Å². The summed E-state index contributed by atoms with van der Waals surface area (Å²) in [6, 6.07) is 15.8. The van der Waals surface area contributed by atoms with Crippen LogP contribution in [-0.4, -0.2) is 49.1 Å². The molecule has 180 valence electrons. The van der Waals surface area contributed by atoms with Gasteiger partial charge in [-0.05, 0) is 42.8 Å². The van der Waals surface area contributed by atoms with E-state index in [-0.39, 0.29) is 35.3 Å². The van der Waals surface area contributed by atoms with Gasteiger partial charge in [-0.3, -0.25) is 9.59 Å². The Kier molecular flexibility index (Phi) is 6.68. The van der Waals surface area contributed by atoms with Crippen molar-refractivity contribution in [2.75, 3.05) is 30.4 Å². The number of nitrogens with zero attached hydrogens (tertiary/aromatic N) is 1. The molecule has 0 aliphatic carbocycles. The van der Waals surface area contributed by atoms with Crippen LogP contribution in [0.5, 0.6) is 11.5 Å². The molecule has 0 saturated carbocycles. The first kappa shape index (κ1) is 23.7. The third kappa shape index (κ3) is 5.24. The normalized spacial score (nSPS) is 14.5. The minimum absolute atomic E-state index is 0.102. The molecule has 1 atom stereocenters. The van der Waals surface area contributed by atoms with Crippen LogP contribution in [0, 0.1) is 12.7 Å². The van der Waals surface area contributed by atoms with Crippen LogP contribution >= 0.6 is 0 Å². The van der Waals surface area contributed by atoms with E-state index in [2.05, 4.69) is 10.2 Å². The number of fused-ring (bicyclic) bond motifs is 1. The van der Waals surface area contributed by atoms with E-state index in [1.54, 1.807) is 13.0 Å². The van der Waals surface area contributed by atoms with E-state index in [0.29, 0.717) is 12.1 Å². The lowest BCUT2D eigenvalue weighted by molar-refractivity contribution is -0.131. The number of benzene rings is 3. The van der Waals surface area contributed by atoms with E-state index >= 15 is 0 Å². The zero-order valence-corrected chi connectivity index (χ0v) is 19.1. The van der Waals surface area contributed by atoms with Crippen molar-refractivity contribution < 1.29 is 33.4 Å². The van der Waals surface area contributed by atoms with Crippen LogP contribution < -0.4 is 19.7 Å². The van der Waals surface area contributed by atoms with Gasteiger partial charge in [0.15, 0.2) is 0 Å². The molecule has 0 radical (unpaired) electrons. The molecule has 0 fully saturated rings. The number of carbonyl (C=O) groups excluding carboxylic acids is 2. The molecular formula is C26H23FN2O6. The van der Waals surface area contributed by atoms with E-state index in [1.807, 2.05) is 31.3 Å². The number of hydrogen-bond donors (Lipinski definition) is 2. The van der Waals surface area contributed by atoms with Crippen LogP contribution in [0.4, 0.5) is 15.8 Å². The molecule has 1 aliphatic heterocycles. The average molecular weight is 478 g/mol. The van der Waals surface area contributed by atoms with Gasteiger partial charge in [-0.2, -0.15) is 0 Å². The number of carboxylic acids is 1. The highest BCUT2D eigenvalue weighted by Gasteiger charge is 2.24. The average Bonchev–Trinajstić information content (AvgIpc) is 2.82. The molecule has 8 nitrogen and oxygen atoms in total. The summed E-state index contributed by atoms with van der Waals surface area (Å²) in [5.41, 5.74) is 1.21. The largest absolute Gasteiger partial charge is 0.490 e. The first-order chi connectivity index (χ1) is 16.7. The number of nitrogens with one attached hydrogen (secondary N) is 1. The number of para-hydroxylation sites is 2. The van der Waals surface area contributed by atoms with Gasteiger partial charge >= 0.3 is 5.97 Å². The van der Waals surface area contributed by atoms with Crippen molar-refractivity contribution in [1.29, 1.82) is 0 Å². The van der Waals surface area contributed by atoms with Gasteiger partial charge < -0.3 is 24.8 Å². The number of halogens is 1. The van der Waals surface area contributed by atoms with Crippen LogP contribution in [0.1, 0.15) is 26.3 Å². The van der Waals surface area contributed by atoms with Gasteiger partial charge in [0.1, 0.15) is 30.0 Å². The lowest BCUT2D eigenvalue weighted by Crippen LogP contribution is -2.41. The number of aryl methyl sites for hydroxylation is 1. The summed E-state index contributed by atoms with van der Waals surface area (Å²) in [6.45, 7) is 2.37. The summed E-state index contributed by atoms with van der Waals surface area (Å²) >= 11 is 0. The van der Waals surface area contributed by atoms with Gasteiger partial charge in [0.2, 0.25) is 0 Å². The van der Waals surface area contributed by atoms with E-state index in [9.17, 15) is 18.8 Å². The Morgan fingerprint density at radius 2 is 1.91 bits per heavy atom. The van der Waals surface area contributed by atoms with E-state index in [4.69, 9.17) is 14.6 Å². The monoisotopic (exact) mass is 478 g/mol. The molecular weight excluding hydrogens is 455 g/mol. The lowest BCUT2D eigenvalue weighted by atomic mass is 10.1. The summed E-state index contributed by atoms with van der Waals surface area (Å²) < 4.78 is 26.6. The SMILES string of the molecule is Cc1cc(OC[C@@H]2CN(C)c3ccccc3O2)cc(F)c1C(=O)Nc1cccc(C(=O)C(=O)O)c1. The third-order valence-electron chi connectivity index (χ3n) is 5.55. The first-order valence-corrected chi connectivity index (χ1v) is 10.8. The standard InChI is InChI=1S/C26H23FN2O6/c1-15-10-18(34-14-19-13-29(2)21-8-3-4-9-22(21)35-19)12-20(27)23(15)25(31)28-17-7-5-6-16(11-17)24(30)26(32)33/h3-12,19H,13-14H2,1-2H3,(H,28,31)(H,32,33)/t19-/m0/s1. The number of hydrogen-bond acceptors (Lipinski definition) is 6. The molecule has 9 heteroatoms. The number of aliphatic carboxylic acids is 1. The number of rotatable bonds is 7. The van der Waals surface area contributed by atoms with Crippen molar-refractivity contribution in [3.05, 3.63) is 83.2 Å².